The van der Waals surface area contributed by atoms with E-state index in [0.29, 0.717) is 4.90 Å². The van der Waals surface area contributed by atoms with Crippen molar-refractivity contribution in [2.45, 2.75) is 10.8 Å². The molecule has 100 valence electrons. The molecule has 0 amide bonds. The summed E-state index contributed by atoms with van der Waals surface area (Å²) in [4.78, 5) is 0.456. The van der Waals surface area contributed by atoms with Crippen LogP contribution in [0.5, 0.6) is 0 Å². The van der Waals surface area contributed by atoms with Crippen molar-refractivity contribution in [2.24, 2.45) is 0 Å². The molecule has 0 saturated heterocycles. The Morgan fingerprint density at radius 3 is 2.37 bits per heavy atom. The summed E-state index contributed by atoms with van der Waals surface area (Å²) >= 11 is 0.916. The number of hydrogen-bond acceptors (Lipinski definition) is 2. The zero-order chi connectivity index (χ0) is 13.9. The quantitative estimate of drug-likeness (QED) is 0.669. The first-order valence-electron chi connectivity index (χ1n) is 5.60. The van der Waals surface area contributed by atoms with Gasteiger partial charge in [0, 0.05) is 16.1 Å². The van der Waals surface area contributed by atoms with Gasteiger partial charge in [-0.1, -0.05) is 30.3 Å². The second-order valence-electron chi connectivity index (χ2n) is 4.04. The lowest BCUT2D eigenvalue weighted by atomic mass is 10.1. The van der Waals surface area contributed by atoms with E-state index in [-0.39, 0.29) is 11.3 Å². The average molecular weight is 283 g/mol. The number of rotatable bonds is 4. The van der Waals surface area contributed by atoms with Crippen LogP contribution in [-0.4, -0.2) is 5.75 Å². The molecule has 0 heterocycles. The molecule has 2 aromatic rings. The van der Waals surface area contributed by atoms with Crippen LogP contribution in [0.1, 0.15) is 5.56 Å². The zero-order valence-electron chi connectivity index (χ0n) is 9.95. The minimum absolute atomic E-state index is 0.0387. The highest BCUT2D eigenvalue weighted by Crippen LogP contribution is 2.36. The van der Waals surface area contributed by atoms with E-state index in [1.165, 1.54) is 24.3 Å². The fourth-order valence-corrected chi connectivity index (χ4v) is 2.48. The van der Waals surface area contributed by atoms with Crippen LogP contribution in [0, 0.1) is 5.82 Å². The summed E-state index contributed by atoms with van der Waals surface area (Å²) in [6, 6.07) is 11.3. The molecule has 0 radical (unpaired) electrons. The van der Waals surface area contributed by atoms with Gasteiger partial charge in [-0.15, -0.1) is 11.8 Å². The van der Waals surface area contributed by atoms with Crippen molar-refractivity contribution in [3.8, 4) is 0 Å². The van der Waals surface area contributed by atoms with Crippen molar-refractivity contribution in [1.29, 1.82) is 0 Å². The Hall–Kier alpha value is -1.62. The van der Waals surface area contributed by atoms with Gasteiger partial charge in [-0.3, -0.25) is 0 Å². The van der Waals surface area contributed by atoms with Gasteiger partial charge >= 0.3 is 0 Å². The van der Waals surface area contributed by atoms with Crippen molar-refractivity contribution in [1.82, 2.24) is 0 Å². The smallest absolute Gasteiger partial charge is 0.282 e. The highest BCUT2D eigenvalue weighted by atomic mass is 32.2. The molecule has 2 rings (SSSR count). The second kappa shape index (κ2) is 5.57. The van der Waals surface area contributed by atoms with Crippen LogP contribution < -0.4 is 5.73 Å². The third-order valence-electron chi connectivity index (χ3n) is 2.58. The van der Waals surface area contributed by atoms with Crippen molar-refractivity contribution < 1.29 is 13.2 Å². The van der Waals surface area contributed by atoms with Gasteiger partial charge in [-0.25, -0.2) is 13.2 Å². The molecule has 0 aromatic heterocycles. The molecule has 5 heteroatoms. The van der Waals surface area contributed by atoms with Crippen LogP contribution in [0.3, 0.4) is 0 Å². The maximum absolute atomic E-state index is 13.9. The Balaban J connectivity index is 2.09. The van der Waals surface area contributed by atoms with Gasteiger partial charge in [-0.2, -0.15) is 0 Å². The predicted molar refractivity (Wildman–Crippen MR) is 71.9 cm³/mol. The zero-order valence-corrected chi connectivity index (χ0v) is 10.8. The molecule has 2 aromatic carbocycles. The summed E-state index contributed by atoms with van der Waals surface area (Å²) in [6.45, 7) is 0. The Bertz CT molecular complexity index is 558. The normalized spacial score (nSPS) is 11.5. The molecule has 0 unspecified atom stereocenters. The molecule has 2 N–H and O–H groups in total. The summed E-state index contributed by atoms with van der Waals surface area (Å²) in [5.41, 5.74) is 5.72. The summed E-state index contributed by atoms with van der Waals surface area (Å²) < 4.78 is 40.7. The van der Waals surface area contributed by atoms with E-state index in [4.69, 9.17) is 5.73 Å². The lowest BCUT2D eigenvalue weighted by molar-refractivity contribution is 0.0232. The average Bonchev–Trinajstić information content (AvgIpc) is 2.39. The lowest BCUT2D eigenvalue weighted by Gasteiger charge is -2.16. The molecule has 19 heavy (non-hydrogen) atoms. The molecule has 0 fully saturated rings. The first-order chi connectivity index (χ1) is 8.99. The molecule has 0 aliphatic heterocycles. The van der Waals surface area contributed by atoms with Crippen LogP contribution in [0.25, 0.3) is 0 Å². The topological polar surface area (TPSA) is 26.0 Å². The third kappa shape index (κ3) is 3.44. The molecule has 0 aliphatic carbocycles. The fourth-order valence-electron chi connectivity index (χ4n) is 1.58. The van der Waals surface area contributed by atoms with Crippen molar-refractivity contribution in [3.63, 3.8) is 0 Å². The van der Waals surface area contributed by atoms with Crippen LogP contribution in [0.4, 0.5) is 18.9 Å². The number of halogens is 3. The Morgan fingerprint density at radius 1 is 1.05 bits per heavy atom. The highest BCUT2D eigenvalue weighted by Gasteiger charge is 2.31. The SMILES string of the molecule is Nc1cc(F)ccc1SCC(F)(F)c1ccccc1. The van der Waals surface area contributed by atoms with E-state index in [1.807, 2.05) is 0 Å². The van der Waals surface area contributed by atoms with E-state index in [0.717, 1.165) is 17.8 Å². The second-order valence-corrected chi connectivity index (χ2v) is 5.06. The van der Waals surface area contributed by atoms with E-state index in [2.05, 4.69) is 0 Å². The van der Waals surface area contributed by atoms with Crippen LogP contribution in [-0.2, 0) is 5.92 Å². The molecule has 0 aliphatic rings. The molecule has 0 spiro atoms. The van der Waals surface area contributed by atoms with Crippen molar-refractivity contribution in [3.05, 3.63) is 59.9 Å². The highest BCUT2D eigenvalue weighted by molar-refractivity contribution is 7.99. The molecule has 0 saturated carbocycles. The molecule has 0 bridgehead atoms. The van der Waals surface area contributed by atoms with Gasteiger partial charge in [0.25, 0.3) is 5.92 Å². The van der Waals surface area contributed by atoms with Crippen LogP contribution in [0.2, 0.25) is 0 Å². The first kappa shape index (κ1) is 13.8. The van der Waals surface area contributed by atoms with E-state index < -0.39 is 17.5 Å². The van der Waals surface area contributed by atoms with E-state index >= 15 is 0 Å². The van der Waals surface area contributed by atoms with Crippen molar-refractivity contribution >= 4 is 17.4 Å². The van der Waals surface area contributed by atoms with E-state index in [1.54, 1.807) is 18.2 Å². The van der Waals surface area contributed by atoms with Gasteiger partial charge in [0.05, 0.1) is 5.75 Å². The third-order valence-corrected chi connectivity index (χ3v) is 3.77. The largest absolute Gasteiger partial charge is 0.398 e. The monoisotopic (exact) mass is 283 g/mol. The Kier molecular flexibility index (Phi) is 4.04. The summed E-state index contributed by atoms with van der Waals surface area (Å²) in [6.07, 6.45) is 0. The molecular weight excluding hydrogens is 271 g/mol. The summed E-state index contributed by atoms with van der Waals surface area (Å²) in [5, 5.41) is 0. The number of nitrogens with two attached hydrogens (primary N) is 1. The maximum atomic E-state index is 13.9. The number of thioether (sulfide) groups is 1. The molecule has 0 atom stereocenters. The van der Waals surface area contributed by atoms with Gasteiger partial charge < -0.3 is 5.73 Å². The maximum Gasteiger partial charge on any atom is 0.282 e. The summed E-state index contributed by atoms with van der Waals surface area (Å²) in [7, 11) is 0. The number of anilines is 1. The van der Waals surface area contributed by atoms with Crippen LogP contribution in [0.15, 0.2) is 53.4 Å². The molecular formula is C14H12F3NS. The number of nitrogen functional groups attached to an aromatic ring is 1. The summed E-state index contributed by atoms with van der Waals surface area (Å²) in [5.74, 6) is -3.86. The number of alkyl halides is 2. The van der Waals surface area contributed by atoms with Crippen molar-refractivity contribution in [2.75, 3.05) is 11.5 Å². The van der Waals surface area contributed by atoms with Gasteiger partial charge in [-0.05, 0) is 18.2 Å². The first-order valence-corrected chi connectivity index (χ1v) is 6.59. The lowest BCUT2D eigenvalue weighted by Crippen LogP contribution is -2.16. The predicted octanol–water partition coefficient (Wildman–Crippen LogP) is 4.29. The Morgan fingerprint density at radius 2 is 1.74 bits per heavy atom. The minimum Gasteiger partial charge on any atom is -0.398 e. The van der Waals surface area contributed by atoms with Gasteiger partial charge in [0.2, 0.25) is 0 Å². The van der Waals surface area contributed by atoms with Gasteiger partial charge in [0.1, 0.15) is 5.82 Å². The number of hydrogen-bond donors (Lipinski definition) is 1. The van der Waals surface area contributed by atoms with Crippen LogP contribution >= 0.6 is 11.8 Å². The standard InChI is InChI=1S/C14H12F3NS/c15-11-6-7-13(12(18)8-11)19-9-14(16,17)10-4-2-1-3-5-10/h1-8H,9,18H2. The van der Waals surface area contributed by atoms with Gasteiger partial charge in [0.15, 0.2) is 0 Å². The fraction of sp³-hybridized carbons (Fsp3) is 0.143. The minimum atomic E-state index is -2.95. The number of benzene rings is 2. The van der Waals surface area contributed by atoms with E-state index in [9.17, 15) is 13.2 Å². The molecule has 1 nitrogen and oxygen atoms in total. The Labute approximate surface area is 113 Å².